The summed E-state index contributed by atoms with van der Waals surface area (Å²) in [6, 6.07) is 22.0. The molecule has 158 valence electrons. The normalized spacial score (nSPS) is 11.2. The summed E-state index contributed by atoms with van der Waals surface area (Å²) in [7, 11) is 0. The van der Waals surface area contributed by atoms with Gasteiger partial charge in [-0.25, -0.2) is 4.98 Å². The van der Waals surface area contributed by atoms with Crippen LogP contribution in [0.2, 0.25) is 0 Å². The number of hydrogen-bond acceptors (Lipinski definition) is 4. The zero-order valence-electron chi connectivity index (χ0n) is 18.2. The molecule has 3 aromatic carbocycles. The summed E-state index contributed by atoms with van der Waals surface area (Å²) in [5.41, 5.74) is 5.97. The van der Waals surface area contributed by atoms with Gasteiger partial charge in [-0.15, -0.1) is 11.3 Å². The van der Waals surface area contributed by atoms with Crippen LogP contribution >= 0.6 is 11.3 Å². The number of thiazole rings is 1. The summed E-state index contributed by atoms with van der Waals surface area (Å²) < 4.78 is 1.19. The van der Waals surface area contributed by atoms with Crippen LogP contribution in [-0.2, 0) is 6.54 Å². The van der Waals surface area contributed by atoms with Gasteiger partial charge in [-0.05, 0) is 79.7 Å². The molecule has 0 saturated heterocycles. The molecule has 4 nitrogen and oxygen atoms in total. The van der Waals surface area contributed by atoms with Crippen molar-refractivity contribution in [3.8, 4) is 10.6 Å². The Labute approximate surface area is 187 Å². The highest BCUT2D eigenvalue weighted by Crippen LogP contribution is 2.31. The number of fused-ring (bicyclic) bond motifs is 1. The summed E-state index contributed by atoms with van der Waals surface area (Å²) in [6.45, 7) is 9.36. The van der Waals surface area contributed by atoms with Crippen LogP contribution in [0.1, 0.15) is 35.3 Å². The van der Waals surface area contributed by atoms with Gasteiger partial charge in [-0.3, -0.25) is 9.69 Å². The molecule has 0 spiro atoms. The lowest BCUT2D eigenvalue weighted by molar-refractivity contribution is 0.102. The standard InChI is InChI=1S/C26H27N3OS/c1-4-29(5-2)17-19-7-9-20(10-8-19)25(30)27-22-13-11-21(12-14-22)26-28-23-15-6-18(3)16-24(23)31-26/h6-16H,4-5,17H2,1-3H3,(H,27,30). The monoisotopic (exact) mass is 429 g/mol. The molecule has 4 aromatic rings. The summed E-state index contributed by atoms with van der Waals surface area (Å²) in [6.07, 6.45) is 0. The van der Waals surface area contributed by atoms with Crippen LogP contribution in [0, 0.1) is 6.92 Å². The zero-order valence-corrected chi connectivity index (χ0v) is 19.0. The van der Waals surface area contributed by atoms with Crippen molar-refractivity contribution in [1.82, 2.24) is 9.88 Å². The number of carbonyl (C=O) groups excluding carboxylic acids is 1. The molecule has 1 N–H and O–H groups in total. The molecular formula is C26H27N3OS. The maximum Gasteiger partial charge on any atom is 0.255 e. The smallest absolute Gasteiger partial charge is 0.255 e. The molecule has 0 saturated carbocycles. The minimum atomic E-state index is -0.0994. The Morgan fingerprint density at radius 3 is 2.35 bits per heavy atom. The lowest BCUT2D eigenvalue weighted by atomic mass is 10.1. The Balaban J connectivity index is 1.42. The topological polar surface area (TPSA) is 45.2 Å². The van der Waals surface area contributed by atoms with E-state index in [1.165, 1.54) is 15.8 Å². The summed E-state index contributed by atoms with van der Waals surface area (Å²) in [5, 5.41) is 3.98. The molecule has 1 amide bonds. The van der Waals surface area contributed by atoms with Gasteiger partial charge in [-0.1, -0.05) is 32.0 Å². The van der Waals surface area contributed by atoms with E-state index in [0.717, 1.165) is 41.4 Å². The maximum absolute atomic E-state index is 12.6. The first-order chi connectivity index (χ1) is 15.1. The molecule has 0 aliphatic carbocycles. The van der Waals surface area contributed by atoms with Crippen molar-refractivity contribution < 1.29 is 4.79 Å². The van der Waals surface area contributed by atoms with Crippen LogP contribution in [0.25, 0.3) is 20.8 Å². The van der Waals surface area contributed by atoms with E-state index < -0.39 is 0 Å². The van der Waals surface area contributed by atoms with Crippen molar-refractivity contribution in [3.05, 3.63) is 83.4 Å². The van der Waals surface area contributed by atoms with Gasteiger partial charge in [0.2, 0.25) is 0 Å². The largest absolute Gasteiger partial charge is 0.322 e. The van der Waals surface area contributed by atoms with E-state index in [9.17, 15) is 4.79 Å². The first-order valence-corrected chi connectivity index (χ1v) is 11.5. The molecule has 0 bridgehead atoms. The van der Waals surface area contributed by atoms with E-state index in [-0.39, 0.29) is 5.91 Å². The fourth-order valence-corrected chi connectivity index (χ4v) is 4.59. The molecule has 1 heterocycles. The Bertz CT molecular complexity index is 1180. The average molecular weight is 430 g/mol. The fraction of sp³-hybridized carbons (Fsp3) is 0.231. The van der Waals surface area contributed by atoms with E-state index in [4.69, 9.17) is 4.98 Å². The number of carbonyl (C=O) groups is 1. The Kier molecular flexibility index (Phi) is 6.44. The van der Waals surface area contributed by atoms with Crippen LogP contribution in [0.15, 0.2) is 66.7 Å². The van der Waals surface area contributed by atoms with Gasteiger partial charge in [0.05, 0.1) is 10.2 Å². The van der Waals surface area contributed by atoms with E-state index in [2.05, 4.69) is 49.2 Å². The summed E-state index contributed by atoms with van der Waals surface area (Å²) in [4.78, 5) is 19.7. The molecule has 0 unspecified atom stereocenters. The van der Waals surface area contributed by atoms with Crippen molar-refractivity contribution in [3.63, 3.8) is 0 Å². The van der Waals surface area contributed by atoms with Crippen LogP contribution < -0.4 is 5.32 Å². The second kappa shape index (κ2) is 9.41. The lowest BCUT2D eigenvalue weighted by Crippen LogP contribution is -2.22. The maximum atomic E-state index is 12.6. The highest BCUT2D eigenvalue weighted by molar-refractivity contribution is 7.21. The minimum absolute atomic E-state index is 0.0994. The predicted octanol–water partition coefficient (Wildman–Crippen LogP) is 6.37. The van der Waals surface area contributed by atoms with Gasteiger partial charge < -0.3 is 5.32 Å². The number of rotatable bonds is 7. The van der Waals surface area contributed by atoms with E-state index >= 15 is 0 Å². The number of nitrogens with one attached hydrogen (secondary N) is 1. The molecular weight excluding hydrogens is 402 g/mol. The van der Waals surface area contributed by atoms with E-state index in [1.807, 2.05) is 48.5 Å². The van der Waals surface area contributed by atoms with Crippen molar-refractivity contribution in [2.75, 3.05) is 18.4 Å². The minimum Gasteiger partial charge on any atom is -0.322 e. The lowest BCUT2D eigenvalue weighted by Gasteiger charge is -2.18. The van der Waals surface area contributed by atoms with E-state index in [1.54, 1.807) is 11.3 Å². The molecule has 0 atom stereocenters. The summed E-state index contributed by atoms with van der Waals surface area (Å²) >= 11 is 1.69. The number of amides is 1. The van der Waals surface area contributed by atoms with E-state index in [0.29, 0.717) is 5.56 Å². The van der Waals surface area contributed by atoms with Crippen molar-refractivity contribution in [1.29, 1.82) is 0 Å². The second-order valence-electron chi connectivity index (χ2n) is 7.68. The first-order valence-electron chi connectivity index (χ1n) is 10.7. The number of benzene rings is 3. The van der Waals surface area contributed by atoms with Gasteiger partial charge in [0.1, 0.15) is 5.01 Å². The predicted molar refractivity (Wildman–Crippen MR) is 131 cm³/mol. The van der Waals surface area contributed by atoms with Gasteiger partial charge in [0.15, 0.2) is 0 Å². The van der Waals surface area contributed by atoms with Crippen LogP contribution in [0.5, 0.6) is 0 Å². The Morgan fingerprint density at radius 2 is 1.68 bits per heavy atom. The Morgan fingerprint density at radius 1 is 0.968 bits per heavy atom. The van der Waals surface area contributed by atoms with Crippen molar-refractivity contribution in [2.24, 2.45) is 0 Å². The van der Waals surface area contributed by atoms with Crippen LogP contribution in [0.3, 0.4) is 0 Å². The van der Waals surface area contributed by atoms with Gasteiger partial charge >= 0.3 is 0 Å². The molecule has 0 aliphatic rings. The molecule has 4 rings (SSSR count). The molecule has 5 heteroatoms. The highest BCUT2D eigenvalue weighted by atomic mass is 32.1. The van der Waals surface area contributed by atoms with Crippen molar-refractivity contribution in [2.45, 2.75) is 27.3 Å². The number of hydrogen-bond donors (Lipinski definition) is 1. The fourth-order valence-electron chi connectivity index (χ4n) is 3.52. The third-order valence-corrected chi connectivity index (χ3v) is 6.52. The molecule has 0 fully saturated rings. The van der Waals surface area contributed by atoms with Crippen LogP contribution in [0.4, 0.5) is 5.69 Å². The first kappa shape index (κ1) is 21.2. The van der Waals surface area contributed by atoms with Gasteiger partial charge in [0.25, 0.3) is 5.91 Å². The second-order valence-corrected chi connectivity index (χ2v) is 8.71. The third kappa shape index (κ3) is 5.01. The number of nitrogens with zero attached hydrogens (tertiary/aromatic N) is 2. The third-order valence-electron chi connectivity index (χ3n) is 5.45. The number of anilines is 1. The molecule has 0 aliphatic heterocycles. The Hall–Kier alpha value is -3.02. The summed E-state index contributed by atoms with van der Waals surface area (Å²) in [5.74, 6) is -0.0994. The number of aryl methyl sites for hydroxylation is 1. The molecule has 31 heavy (non-hydrogen) atoms. The SMILES string of the molecule is CCN(CC)Cc1ccc(C(=O)Nc2ccc(-c3nc4ccc(C)cc4s3)cc2)cc1. The average Bonchev–Trinajstić information content (AvgIpc) is 3.21. The van der Waals surface area contributed by atoms with Crippen LogP contribution in [-0.4, -0.2) is 28.9 Å². The zero-order chi connectivity index (χ0) is 21.8. The molecule has 1 aromatic heterocycles. The number of aromatic nitrogens is 1. The molecule has 0 radical (unpaired) electrons. The van der Waals surface area contributed by atoms with Gasteiger partial charge in [0, 0.05) is 23.4 Å². The van der Waals surface area contributed by atoms with Crippen molar-refractivity contribution >= 4 is 33.1 Å². The highest BCUT2D eigenvalue weighted by Gasteiger charge is 2.09. The quantitative estimate of drug-likeness (QED) is 0.371. The van der Waals surface area contributed by atoms with Gasteiger partial charge in [-0.2, -0.15) is 0 Å².